The average molecular weight is 387 g/mol. The van der Waals surface area contributed by atoms with Crippen LogP contribution in [0.3, 0.4) is 0 Å². The van der Waals surface area contributed by atoms with Crippen LogP contribution in [-0.4, -0.2) is 31.7 Å². The maximum absolute atomic E-state index is 13.6. The number of halogens is 1. The Morgan fingerprint density at radius 1 is 1.18 bits per heavy atom. The van der Waals surface area contributed by atoms with E-state index in [-0.39, 0.29) is 5.69 Å². The van der Waals surface area contributed by atoms with Gasteiger partial charge in [-0.25, -0.2) is 9.18 Å². The van der Waals surface area contributed by atoms with Crippen molar-refractivity contribution in [2.45, 2.75) is 20.0 Å². The van der Waals surface area contributed by atoms with E-state index in [4.69, 9.17) is 14.2 Å². The topological polar surface area (TPSA) is 73.9 Å². The normalized spacial score (nSPS) is 11.7. The van der Waals surface area contributed by atoms with Crippen molar-refractivity contribution in [3.05, 3.63) is 59.9 Å². The first-order valence-electron chi connectivity index (χ1n) is 8.69. The number of para-hydroxylation sites is 1. The van der Waals surface area contributed by atoms with Gasteiger partial charge in [0.05, 0.1) is 19.4 Å². The van der Waals surface area contributed by atoms with Gasteiger partial charge in [0.25, 0.3) is 5.91 Å². The number of esters is 1. The predicted molar refractivity (Wildman–Crippen MR) is 104 cm³/mol. The summed E-state index contributed by atoms with van der Waals surface area (Å²) in [5.41, 5.74) is 0.716. The van der Waals surface area contributed by atoms with E-state index in [1.54, 1.807) is 24.3 Å². The van der Waals surface area contributed by atoms with Crippen LogP contribution in [0.4, 0.5) is 10.1 Å². The maximum atomic E-state index is 13.6. The molecule has 0 fully saturated rings. The zero-order valence-electron chi connectivity index (χ0n) is 15.9. The lowest BCUT2D eigenvalue weighted by Gasteiger charge is -2.12. The molecule has 0 unspecified atom stereocenters. The number of nitrogens with one attached hydrogen (secondary N) is 1. The van der Waals surface area contributed by atoms with E-state index in [0.717, 1.165) is 0 Å². The second kappa shape index (κ2) is 10.1. The monoisotopic (exact) mass is 387 g/mol. The molecule has 6 nitrogen and oxygen atoms in total. The highest BCUT2D eigenvalue weighted by Gasteiger charge is 2.17. The van der Waals surface area contributed by atoms with Gasteiger partial charge in [-0.3, -0.25) is 4.79 Å². The van der Waals surface area contributed by atoms with Gasteiger partial charge < -0.3 is 19.5 Å². The van der Waals surface area contributed by atoms with Crippen molar-refractivity contribution in [2.75, 3.05) is 19.0 Å². The number of carbonyl (C=O) groups excluding carboxylic acids is 2. The summed E-state index contributed by atoms with van der Waals surface area (Å²) < 4.78 is 29.3. The molecule has 0 aliphatic rings. The van der Waals surface area contributed by atoms with E-state index in [1.807, 2.05) is 6.92 Å². The highest BCUT2D eigenvalue weighted by atomic mass is 19.1. The van der Waals surface area contributed by atoms with Crippen LogP contribution in [-0.2, 0) is 14.3 Å². The van der Waals surface area contributed by atoms with E-state index in [0.29, 0.717) is 23.7 Å². The Hall–Kier alpha value is -3.35. The summed E-state index contributed by atoms with van der Waals surface area (Å²) in [5, 5.41) is 2.38. The fourth-order valence-electron chi connectivity index (χ4n) is 2.29. The van der Waals surface area contributed by atoms with E-state index in [2.05, 4.69) is 5.32 Å². The van der Waals surface area contributed by atoms with Crippen molar-refractivity contribution in [2.24, 2.45) is 0 Å². The summed E-state index contributed by atoms with van der Waals surface area (Å²) in [7, 11) is 1.52. The van der Waals surface area contributed by atoms with Crippen LogP contribution in [0.25, 0.3) is 6.08 Å². The van der Waals surface area contributed by atoms with Crippen LogP contribution >= 0.6 is 0 Å². The standard InChI is InChI=1S/C21H22FNO5/c1-4-27-18-11-9-15(13-19(18)26-3)10-12-20(24)28-14(2)21(25)23-17-8-6-5-7-16(17)22/h5-14H,4H2,1-3H3,(H,23,25)/b12-10+/t14-/m0/s1. The molecule has 0 spiro atoms. The molecule has 148 valence electrons. The Kier molecular flexibility index (Phi) is 7.56. The SMILES string of the molecule is CCOc1ccc(/C=C/C(=O)O[C@@H](C)C(=O)Nc2ccccc2F)cc1OC. The highest BCUT2D eigenvalue weighted by molar-refractivity contribution is 5.96. The maximum Gasteiger partial charge on any atom is 0.331 e. The first-order chi connectivity index (χ1) is 13.4. The molecular weight excluding hydrogens is 365 g/mol. The van der Waals surface area contributed by atoms with Gasteiger partial charge in [0.2, 0.25) is 0 Å². The summed E-state index contributed by atoms with van der Waals surface area (Å²) in [6.07, 6.45) is 1.64. The van der Waals surface area contributed by atoms with Gasteiger partial charge in [-0.05, 0) is 49.8 Å². The van der Waals surface area contributed by atoms with Crippen molar-refractivity contribution >= 4 is 23.6 Å². The fourth-order valence-corrected chi connectivity index (χ4v) is 2.29. The van der Waals surface area contributed by atoms with Crippen LogP contribution in [0.2, 0.25) is 0 Å². The molecule has 2 rings (SSSR count). The Balaban J connectivity index is 1.95. The lowest BCUT2D eigenvalue weighted by Crippen LogP contribution is -2.29. The minimum atomic E-state index is -1.09. The minimum Gasteiger partial charge on any atom is -0.493 e. The largest absolute Gasteiger partial charge is 0.493 e. The molecule has 2 aromatic carbocycles. The van der Waals surface area contributed by atoms with E-state index in [1.165, 1.54) is 44.4 Å². The van der Waals surface area contributed by atoms with Gasteiger partial charge in [0.1, 0.15) is 5.82 Å². The van der Waals surface area contributed by atoms with Crippen LogP contribution in [0.5, 0.6) is 11.5 Å². The van der Waals surface area contributed by atoms with Crippen molar-refractivity contribution in [1.82, 2.24) is 0 Å². The zero-order valence-corrected chi connectivity index (χ0v) is 15.9. The summed E-state index contributed by atoms with van der Waals surface area (Å²) >= 11 is 0. The molecule has 0 bridgehead atoms. The Labute approximate surface area is 162 Å². The molecule has 28 heavy (non-hydrogen) atoms. The molecule has 0 radical (unpaired) electrons. The zero-order chi connectivity index (χ0) is 20.5. The number of anilines is 1. The van der Waals surface area contributed by atoms with Gasteiger partial charge >= 0.3 is 5.97 Å². The average Bonchev–Trinajstić information content (AvgIpc) is 2.69. The predicted octanol–water partition coefficient (Wildman–Crippen LogP) is 3.82. The lowest BCUT2D eigenvalue weighted by molar-refractivity contribution is -0.148. The number of carbonyl (C=O) groups is 2. The molecule has 0 saturated carbocycles. The van der Waals surface area contributed by atoms with E-state index in [9.17, 15) is 14.0 Å². The molecule has 1 amide bonds. The Morgan fingerprint density at radius 2 is 1.93 bits per heavy atom. The summed E-state index contributed by atoms with van der Waals surface area (Å²) in [4.78, 5) is 24.0. The van der Waals surface area contributed by atoms with Crippen molar-refractivity contribution in [3.63, 3.8) is 0 Å². The fraction of sp³-hybridized carbons (Fsp3) is 0.238. The summed E-state index contributed by atoms with van der Waals surface area (Å²) in [6, 6.07) is 10.9. The molecule has 2 aromatic rings. The summed E-state index contributed by atoms with van der Waals surface area (Å²) in [5.74, 6) is -0.768. The third-order valence-corrected chi connectivity index (χ3v) is 3.69. The number of methoxy groups -OCH3 is 1. The molecule has 0 aliphatic heterocycles. The van der Waals surface area contributed by atoms with Gasteiger partial charge in [0.15, 0.2) is 17.6 Å². The third-order valence-electron chi connectivity index (χ3n) is 3.69. The molecule has 7 heteroatoms. The van der Waals surface area contributed by atoms with Crippen LogP contribution in [0.15, 0.2) is 48.5 Å². The Morgan fingerprint density at radius 3 is 2.61 bits per heavy atom. The van der Waals surface area contributed by atoms with E-state index < -0.39 is 23.8 Å². The van der Waals surface area contributed by atoms with Crippen molar-refractivity contribution < 1.29 is 28.2 Å². The number of benzene rings is 2. The number of hydrogen-bond donors (Lipinski definition) is 1. The molecule has 0 aromatic heterocycles. The summed E-state index contributed by atoms with van der Waals surface area (Å²) in [6.45, 7) is 3.78. The van der Waals surface area contributed by atoms with Crippen LogP contribution < -0.4 is 14.8 Å². The molecule has 1 N–H and O–H groups in total. The first kappa shape index (κ1) is 21.0. The van der Waals surface area contributed by atoms with Gasteiger partial charge in [-0.15, -0.1) is 0 Å². The van der Waals surface area contributed by atoms with Gasteiger partial charge in [0, 0.05) is 6.08 Å². The second-order valence-electron chi connectivity index (χ2n) is 5.72. The quantitative estimate of drug-likeness (QED) is 0.551. The smallest absolute Gasteiger partial charge is 0.331 e. The number of rotatable bonds is 8. The van der Waals surface area contributed by atoms with Crippen LogP contribution in [0, 0.1) is 5.82 Å². The number of hydrogen-bond acceptors (Lipinski definition) is 5. The molecule has 1 atom stereocenters. The van der Waals surface area contributed by atoms with E-state index >= 15 is 0 Å². The molecular formula is C21H22FNO5. The van der Waals surface area contributed by atoms with Crippen LogP contribution in [0.1, 0.15) is 19.4 Å². The number of ether oxygens (including phenoxy) is 3. The third kappa shape index (κ3) is 5.84. The van der Waals surface area contributed by atoms with Gasteiger partial charge in [-0.2, -0.15) is 0 Å². The highest BCUT2D eigenvalue weighted by Crippen LogP contribution is 2.28. The van der Waals surface area contributed by atoms with Gasteiger partial charge in [-0.1, -0.05) is 18.2 Å². The molecule has 0 aliphatic carbocycles. The minimum absolute atomic E-state index is 0.0208. The number of amides is 1. The lowest BCUT2D eigenvalue weighted by atomic mass is 10.2. The first-order valence-corrected chi connectivity index (χ1v) is 8.69. The van der Waals surface area contributed by atoms with Crippen molar-refractivity contribution in [1.29, 1.82) is 0 Å². The second-order valence-corrected chi connectivity index (χ2v) is 5.72. The van der Waals surface area contributed by atoms with Crippen molar-refractivity contribution in [3.8, 4) is 11.5 Å². The Bertz CT molecular complexity index is 866. The molecule has 0 heterocycles. The molecule has 0 saturated heterocycles.